The Morgan fingerprint density at radius 3 is 1.86 bits per heavy atom. The lowest BCUT2D eigenvalue weighted by Crippen LogP contribution is -1.85. The molecule has 0 aromatic heterocycles. The van der Waals surface area contributed by atoms with Gasteiger partial charge in [0.1, 0.15) is 0 Å². The second kappa shape index (κ2) is 9.28. The van der Waals surface area contributed by atoms with E-state index in [9.17, 15) is 8.76 Å². The average Bonchev–Trinajstić information content (AvgIpc) is 1.73. The second-order valence-electron chi connectivity index (χ2n) is 0.592. The maximum Gasteiger partial charge on any atom is 0.00731 e. The molecule has 0 radical (unpaired) electrons. The molecule has 0 saturated carbocycles. The van der Waals surface area contributed by atoms with E-state index >= 15 is 0 Å². The van der Waals surface area contributed by atoms with Crippen LogP contribution in [0.4, 0.5) is 0 Å². The SMILES string of the molecule is C=C.CCS(=O)[O-]. The predicted molar refractivity (Wildman–Crippen MR) is 30.7 cm³/mol. The summed E-state index contributed by atoms with van der Waals surface area (Å²) in [7, 11) is 0. The Kier molecular flexibility index (Phi) is 13.2. The van der Waals surface area contributed by atoms with Crippen LogP contribution in [0.15, 0.2) is 13.2 Å². The zero-order chi connectivity index (χ0) is 6.28. The molecule has 3 heteroatoms. The first-order valence-electron chi connectivity index (χ1n) is 1.83. The van der Waals surface area contributed by atoms with Gasteiger partial charge in [-0.1, -0.05) is 18.0 Å². The van der Waals surface area contributed by atoms with Gasteiger partial charge in [0.05, 0.1) is 0 Å². The molecule has 1 unspecified atom stereocenters. The van der Waals surface area contributed by atoms with Crippen molar-refractivity contribution in [3.05, 3.63) is 13.2 Å². The van der Waals surface area contributed by atoms with Crippen LogP contribution < -0.4 is 0 Å². The Labute approximate surface area is 46.5 Å². The summed E-state index contributed by atoms with van der Waals surface area (Å²) < 4.78 is 18.7. The zero-order valence-electron chi connectivity index (χ0n) is 4.35. The van der Waals surface area contributed by atoms with Crippen molar-refractivity contribution < 1.29 is 8.76 Å². The molecule has 0 aromatic carbocycles. The van der Waals surface area contributed by atoms with Crippen molar-refractivity contribution in [1.82, 2.24) is 0 Å². The molecule has 7 heavy (non-hydrogen) atoms. The summed E-state index contributed by atoms with van der Waals surface area (Å²) in [5, 5.41) is 0. The second-order valence-corrected chi connectivity index (χ2v) is 1.78. The van der Waals surface area contributed by atoms with E-state index in [1.165, 1.54) is 0 Å². The van der Waals surface area contributed by atoms with Gasteiger partial charge in [0.2, 0.25) is 0 Å². The molecule has 0 N–H and O–H groups in total. The van der Waals surface area contributed by atoms with Crippen molar-refractivity contribution in [1.29, 1.82) is 0 Å². The van der Waals surface area contributed by atoms with Crippen molar-refractivity contribution in [3.63, 3.8) is 0 Å². The fraction of sp³-hybridized carbons (Fsp3) is 0.500. The lowest BCUT2D eigenvalue weighted by Gasteiger charge is -1.93. The lowest BCUT2D eigenvalue weighted by atomic mass is 11.0. The summed E-state index contributed by atoms with van der Waals surface area (Å²) in [6.07, 6.45) is 0. The molecule has 0 heterocycles. The van der Waals surface area contributed by atoms with E-state index in [2.05, 4.69) is 13.2 Å². The standard InChI is InChI=1S/C2H6O2S.C2H4/c1-2-5(3)4;1-2/h2H2,1H3,(H,3,4);1-2H2/p-1. The molecule has 0 fully saturated rings. The molecule has 44 valence electrons. The molecule has 0 aliphatic heterocycles. The van der Waals surface area contributed by atoms with E-state index in [0.717, 1.165) is 0 Å². The smallest absolute Gasteiger partial charge is 0.00731 e. The minimum absolute atomic E-state index is 0.222. The summed E-state index contributed by atoms with van der Waals surface area (Å²) >= 11 is -1.82. The van der Waals surface area contributed by atoms with Crippen molar-refractivity contribution in [3.8, 4) is 0 Å². The normalized spacial score (nSPS) is 11.1. The Balaban J connectivity index is 0. The Bertz CT molecular complexity index is 53.7. The first-order valence-corrected chi connectivity index (χ1v) is 3.07. The summed E-state index contributed by atoms with van der Waals surface area (Å²) in [6, 6.07) is 0. The number of rotatable bonds is 1. The predicted octanol–water partition coefficient (Wildman–Crippen LogP) is 0.688. The van der Waals surface area contributed by atoms with Gasteiger partial charge in [0, 0.05) is 5.75 Å². The quantitative estimate of drug-likeness (QED) is 0.378. The molecular formula is C4H9O2S-. The van der Waals surface area contributed by atoms with E-state index in [1.807, 2.05) is 0 Å². The molecule has 1 atom stereocenters. The van der Waals surface area contributed by atoms with Gasteiger partial charge in [-0.3, -0.25) is 4.21 Å². The van der Waals surface area contributed by atoms with Gasteiger partial charge in [-0.2, -0.15) is 0 Å². The van der Waals surface area contributed by atoms with Crippen LogP contribution in [-0.4, -0.2) is 14.5 Å². The molecule has 0 spiro atoms. The van der Waals surface area contributed by atoms with Gasteiger partial charge in [-0.05, 0) is 0 Å². The molecule has 0 rings (SSSR count). The highest BCUT2D eigenvalue weighted by Gasteiger charge is 1.62. The lowest BCUT2D eigenvalue weighted by molar-refractivity contribution is 0.538. The monoisotopic (exact) mass is 121 g/mol. The van der Waals surface area contributed by atoms with Gasteiger partial charge in [-0.25, -0.2) is 0 Å². The van der Waals surface area contributed by atoms with E-state index in [1.54, 1.807) is 6.92 Å². The topological polar surface area (TPSA) is 40.1 Å². The molecule has 2 nitrogen and oxygen atoms in total. The van der Waals surface area contributed by atoms with Crippen molar-refractivity contribution in [2.45, 2.75) is 6.92 Å². The van der Waals surface area contributed by atoms with Crippen molar-refractivity contribution in [2.75, 3.05) is 5.75 Å². The van der Waals surface area contributed by atoms with Gasteiger partial charge in [0.15, 0.2) is 0 Å². The fourth-order valence-electron chi connectivity index (χ4n) is 0. The van der Waals surface area contributed by atoms with Crippen LogP contribution in [0.25, 0.3) is 0 Å². The maximum atomic E-state index is 9.37. The van der Waals surface area contributed by atoms with Crippen LogP contribution in [0, 0.1) is 0 Å². The van der Waals surface area contributed by atoms with E-state index in [0.29, 0.717) is 0 Å². The Morgan fingerprint density at radius 1 is 1.71 bits per heavy atom. The summed E-state index contributed by atoms with van der Waals surface area (Å²) in [6.45, 7) is 7.59. The molecule has 0 aliphatic rings. The van der Waals surface area contributed by atoms with Crippen LogP contribution in [0.1, 0.15) is 6.92 Å². The van der Waals surface area contributed by atoms with E-state index in [4.69, 9.17) is 0 Å². The molecule has 0 bridgehead atoms. The minimum Gasteiger partial charge on any atom is -0.772 e. The molecular weight excluding hydrogens is 112 g/mol. The number of hydrogen-bond acceptors (Lipinski definition) is 2. The maximum absolute atomic E-state index is 9.37. The van der Waals surface area contributed by atoms with Gasteiger partial charge >= 0.3 is 0 Å². The fourth-order valence-corrected chi connectivity index (χ4v) is 0. The zero-order valence-corrected chi connectivity index (χ0v) is 5.16. The van der Waals surface area contributed by atoms with E-state index < -0.39 is 11.1 Å². The first kappa shape index (κ1) is 9.97. The third-order valence-corrected chi connectivity index (χ3v) is 0.707. The molecule has 0 aliphatic carbocycles. The molecule has 0 amide bonds. The van der Waals surface area contributed by atoms with Gasteiger partial charge in [0.25, 0.3) is 0 Å². The highest BCUT2D eigenvalue weighted by molar-refractivity contribution is 7.79. The summed E-state index contributed by atoms with van der Waals surface area (Å²) in [5.74, 6) is 0.222. The third kappa shape index (κ3) is 25.3. The third-order valence-electron chi connectivity index (χ3n) is 0.236. The Hall–Kier alpha value is -0.150. The highest BCUT2D eigenvalue weighted by atomic mass is 32.2. The van der Waals surface area contributed by atoms with Gasteiger partial charge < -0.3 is 4.55 Å². The van der Waals surface area contributed by atoms with Crippen LogP contribution in [0.2, 0.25) is 0 Å². The highest BCUT2D eigenvalue weighted by Crippen LogP contribution is 1.63. The largest absolute Gasteiger partial charge is 0.772 e. The molecule has 0 aromatic rings. The van der Waals surface area contributed by atoms with Crippen LogP contribution in [0.5, 0.6) is 0 Å². The van der Waals surface area contributed by atoms with Crippen LogP contribution >= 0.6 is 0 Å². The van der Waals surface area contributed by atoms with E-state index in [-0.39, 0.29) is 5.75 Å². The summed E-state index contributed by atoms with van der Waals surface area (Å²) in [5.41, 5.74) is 0. The molecule has 0 saturated heterocycles. The summed E-state index contributed by atoms with van der Waals surface area (Å²) in [4.78, 5) is 0. The van der Waals surface area contributed by atoms with Crippen molar-refractivity contribution >= 4 is 11.1 Å². The minimum atomic E-state index is -1.82. The van der Waals surface area contributed by atoms with Crippen LogP contribution in [0.3, 0.4) is 0 Å². The first-order chi connectivity index (χ1) is 3.27. The Morgan fingerprint density at radius 2 is 1.86 bits per heavy atom. The number of hydrogen-bond donors (Lipinski definition) is 0. The van der Waals surface area contributed by atoms with Crippen LogP contribution in [-0.2, 0) is 11.1 Å². The van der Waals surface area contributed by atoms with Gasteiger partial charge in [-0.15, -0.1) is 13.2 Å². The van der Waals surface area contributed by atoms with Crippen molar-refractivity contribution in [2.24, 2.45) is 0 Å². The average molecular weight is 121 g/mol.